The normalized spacial score (nSPS) is 11.4. The Morgan fingerprint density at radius 1 is 0.245 bits per heavy atom. The fourth-order valence-electron chi connectivity index (χ4n) is 17.8. The maximum absolute atomic E-state index is 12.4. The lowest BCUT2D eigenvalue weighted by Gasteiger charge is -2.10. The molecule has 30 heteroatoms. The summed E-state index contributed by atoms with van der Waals surface area (Å²) in [5.74, 6) is 3.83. The lowest BCUT2D eigenvalue weighted by Crippen LogP contribution is -2.20. The number of para-hydroxylation sites is 5. The molecule has 20 heterocycles. The molecular weight excluding hydrogens is 1790 g/mol. The third kappa shape index (κ3) is 18.3. The highest BCUT2D eigenvalue weighted by atomic mass is 16.1. The van der Waals surface area contributed by atoms with Crippen molar-refractivity contribution >= 4 is 82.8 Å². The van der Waals surface area contributed by atoms with Crippen molar-refractivity contribution in [3.8, 4) is 113 Å². The Balaban J connectivity index is 0.000000106. The summed E-state index contributed by atoms with van der Waals surface area (Å²) in [6.07, 6.45) is 30.8. The standard InChI is InChI=1S/C24H21N5O.2C23H19N5O.C22H17N5O.C21H15N5O/c1-2-3-12-28-13-9-18(16-23(28)30)17-10-14-29-22(15-17)26-27-24(29)20-8-11-25-21-7-5-4-6-19(20)21;1-15(2)27-11-8-17(14-22(27)29)16-9-12-28-21(13-16)25-26-23(28)19-7-10-24-20-6-4-3-5-18(19)20;1-2-11-27-12-8-17(15-22(27)29)16-9-13-28-21(14-16)25-26-23(28)19-7-10-24-20-6-4-3-5-18(19)20;1-2-26-11-8-16(14-21(26)28)15-9-12-27-20(13-15)24-25-22(27)18-7-10-23-19-6-4-3-5-17(18)19;1-25-10-7-15(13-20(25)27)14-8-11-26-19(12-14)23-24-21(26)17-6-9-22-18-5-3-2-4-16(17)18/h4-11,13-16H,2-3,12H2,1H3;3-15H,1-2H3;3-10,12-15H,2,11H2,1H3;3-14H,2H2,1H3;2-13H,1H3. The van der Waals surface area contributed by atoms with Crippen molar-refractivity contribution in [3.63, 3.8) is 0 Å². The van der Waals surface area contributed by atoms with Crippen LogP contribution in [0.3, 0.4) is 0 Å². The number of benzene rings is 5. The summed E-state index contributed by atoms with van der Waals surface area (Å²) in [5.41, 5.74) is 22.2. The van der Waals surface area contributed by atoms with Crippen molar-refractivity contribution in [1.82, 2.24) is 121 Å². The molecule has 20 aromatic heterocycles. The number of rotatable bonds is 17. The summed E-state index contributed by atoms with van der Waals surface area (Å²) >= 11 is 0. The molecule has 143 heavy (non-hydrogen) atoms. The van der Waals surface area contributed by atoms with Gasteiger partial charge in [0.1, 0.15) is 0 Å². The molecule has 30 nitrogen and oxygen atoms in total. The van der Waals surface area contributed by atoms with Gasteiger partial charge in [0.2, 0.25) is 0 Å². The highest BCUT2D eigenvalue weighted by molar-refractivity contribution is 5.97. The quantitative estimate of drug-likeness (QED) is 0.0817. The van der Waals surface area contributed by atoms with Gasteiger partial charge in [-0.2, -0.15) is 0 Å². The van der Waals surface area contributed by atoms with Crippen LogP contribution < -0.4 is 27.8 Å². The van der Waals surface area contributed by atoms with Crippen molar-refractivity contribution in [2.75, 3.05) is 0 Å². The molecular formula is C113H91N25O5. The molecule has 0 aliphatic heterocycles. The van der Waals surface area contributed by atoms with E-state index in [1.54, 1.807) is 97.4 Å². The fourth-order valence-corrected chi connectivity index (χ4v) is 17.8. The SMILES string of the molecule is CC(C)n1ccc(-c2ccn3c(-c4ccnc5ccccc45)nnc3c2)cc1=O.CCCCn1ccc(-c2ccn3c(-c4ccnc5ccccc45)nnc3c2)cc1=O.CCCn1ccc(-c2ccn3c(-c4ccnc5ccccc45)nnc3c2)cc1=O.CCn1ccc(-c2ccn3c(-c4ccnc5ccccc45)nnc3c2)cc1=O.Cn1ccc(-c2ccn3c(-c4ccnc5ccccc45)nnc3c2)cc1=O. The maximum Gasteiger partial charge on any atom is 0.251 e. The number of aryl methyl sites for hydroxylation is 4. The summed E-state index contributed by atoms with van der Waals surface area (Å²) < 4.78 is 18.2. The number of fused-ring (bicyclic) bond motifs is 10. The van der Waals surface area contributed by atoms with E-state index in [-0.39, 0.29) is 33.8 Å². The van der Waals surface area contributed by atoms with Crippen LogP contribution in [0.1, 0.15) is 59.9 Å². The minimum atomic E-state index is -0.0437. The third-order valence-corrected chi connectivity index (χ3v) is 25.3. The molecule has 5 aromatic carbocycles. The summed E-state index contributed by atoms with van der Waals surface area (Å²) in [6, 6.07) is 87.6. The first-order valence-corrected chi connectivity index (χ1v) is 47.0. The molecule has 698 valence electrons. The van der Waals surface area contributed by atoms with Gasteiger partial charge in [0, 0.05) is 211 Å². The van der Waals surface area contributed by atoms with E-state index in [2.05, 4.69) is 89.8 Å². The van der Waals surface area contributed by atoms with Crippen LogP contribution in [0.4, 0.5) is 0 Å². The third-order valence-electron chi connectivity index (χ3n) is 25.3. The summed E-state index contributed by atoms with van der Waals surface area (Å²) in [4.78, 5) is 83.3. The summed E-state index contributed by atoms with van der Waals surface area (Å²) in [7, 11) is 1.74. The van der Waals surface area contributed by atoms with Crippen LogP contribution in [-0.4, -0.2) is 121 Å². The van der Waals surface area contributed by atoms with Crippen LogP contribution in [0.2, 0.25) is 0 Å². The Morgan fingerprint density at radius 2 is 0.497 bits per heavy atom. The number of nitrogens with zero attached hydrogens (tertiary/aromatic N) is 25. The van der Waals surface area contributed by atoms with Gasteiger partial charge in [0.05, 0.1) is 27.6 Å². The molecule has 0 unspecified atom stereocenters. The molecule has 0 spiro atoms. The van der Waals surface area contributed by atoms with Gasteiger partial charge in [-0.15, -0.1) is 51.0 Å². The minimum Gasteiger partial charge on any atom is -0.319 e. The highest BCUT2D eigenvalue weighted by Gasteiger charge is 2.21. The largest absolute Gasteiger partial charge is 0.319 e. The maximum atomic E-state index is 12.4. The zero-order chi connectivity index (χ0) is 97.7. The number of hydrogen-bond donors (Lipinski definition) is 0. The first-order chi connectivity index (χ1) is 70.0. The van der Waals surface area contributed by atoms with Crippen LogP contribution in [0.5, 0.6) is 0 Å². The molecule has 25 aromatic rings. The van der Waals surface area contributed by atoms with Gasteiger partial charge in [-0.1, -0.05) is 111 Å². The Bertz CT molecular complexity index is 9460. The molecule has 0 fully saturated rings. The van der Waals surface area contributed by atoms with Gasteiger partial charge >= 0.3 is 0 Å². The minimum absolute atomic E-state index is 0.00892. The number of pyridine rings is 15. The molecule has 0 saturated heterocycles. The van der Waals surface area contributed by atoms with Crippen molar-refractivity contribution in [2.24, 2.45) is 7.05 Å². The topological polar surface area (TPSA) is 325 Å². The second kappa shape index (κ2) is 39.6. The Hall–Kier alpha value is -19.0. The van der Waals surface area contributed by atoms with E-state index in [1.165, 1.54) is 0 Å². The number of hydrogen-bond acceptors (Lipinski definition) is 20. The molecule has 0 atom stereocenters. The first-order valence-electron chi connectivity index (χ1n) is 47.0. The predicted molar refractivity (Wildman–Crippen MR) is 559 cm³/mol. The van der Waals surface area contributed by atoms with E-state index < -0.39 is 0 Å². The number of unbranched alkanes of at least 4 members (excludes halogenated alkanes) is 1. The Kier molecular flexibility index (Phi) is 25.1. The fraction of sp³-hybridized carbons (Fsp3) is 0.115. The molecule has 0 bridgehead atoms. The van der Waals surface area contributed by atoms with Crippen LogP contribution in [-0.2, 0) is 26.7 Å². The second-order valence-electron chi connectivity index (χ2n) is 34.6. The highest BCUT2D eigenvalue weighted by Crippen LogP contribution is 2.36. The van der Waals surface area contributed by atoms with E-state index in [0.717, 1.165) is 228 Å². The van der Waals surface area contributed by atoms with Crippen molar-refractivity contribution < 1.29 is 0 Å². The average molecular weight is 1880 g/mol. The Morgan fingerprint density at radius 3 is 0.762 bits per heavy atom. The molecule has 0 aliphatic carbocycles. The lowest BCUT2D eigenvalue weighted by molar-refractivity contribution is 0.579. The van der Waals surface area contributed by atoms with Gasteiger partial charge < -0.3 is 22.8 Å². The van der Waals surface area contributed by atoms with Crippen LogP contribution in [0.15, 0.2) is 390 Å². The summed E-state index contributed by atoms with van der Waals surface area (Å²) in [6.45, 7) is 12.3. The molecule has 0 saturated carbocycles. The Labute approximate surface area is 815 Å². The van der Waals surface area contributed by atoms with Crippen LogP contribution in [0.25, 0.3) is 195 Å². The van der Waals surface area contributed by atoms with Gasteiger partial charge in [0.25, 0.3) is 27.8 Å². The van der Waals surface area contributed by atoms with Crippen LogP contribution in [0, 0.1) is 0 Å². The van der Waals surface area contributed by atoms with E-state index in [1.807, 2.05) is 341 Å². The summed E-state index contributed by atoms with van der Waals surface area (Å²) in [5, 5.41) is 49.1. The van der Waals surface area contributed by atoms with Crippen molar-refractivity contribution in [1.29, 1.82) is 0 Å². The molecule has 0 N–H and O–H groups in total. The average Bonchev–Trinajstić information content (AvgIpc) is 1.67. The lowest BCUT2D eigenvalue weighted by atomic mass is 10.1. The molecule has 0 amide bonds. The van der Waals surface area contributed by atoms with E-state index in [0.29, 0.717) is 6.54 Å². The van der Waals surface area contributed by atoms with Crippen LogP contribution >= 0.6 is 0 Å². The predicted octanol–water partition coefficient (Wildman–Crippen LogP) is 20.2. The zero-order valence-corrected chi connectivity index (χ0v) is 78.7. The molecule has 25 rings (SSSR count). The molecule has 0 radical (unpaired) electrons. The van der Waals surface area contributed by atoms with Crippen molar-refractivity contribution in [3.05, 3.63) is 418 Å². The second-order valence-corrected chi connectivity index (χ2v) is 34.6. The van der Waals surface area contributed by atoms with E-state index in [9.17, 15) is 24.0 Å². The molecule has 0 aliphatic rings. The monoisotopic (exact) mass is 1880 g/mol. The smallest absolute Gasteiger partial charge is 0.251 e. The van der Waals surface area contributed by atoms with Gasteiger partial charge in [0.15, 0.2) is 57.4 Å². The zero-order valence-electron chi connectivity index (χ0n) is 78.7. The first kappa shape index (κ1) is 90.5. The van der Waals surface area contributed by atoms with E-state index >= 15 is 0 Å². The van der Waals surface area contributed by atoms with E-state index in [4.69, 9.17) is 0 Å². The van der Waals surface area contributed by atoms with Gasteiger partial charge in [-0.05, 0) is 241 Å². The van der Waals surface area contributed by atoms with Crippen molar-refractivity contribution in [2.45, 2.75) is 79.6 Å². The number of aromatic nitrogens is 25. The van der Waals surface area contributed by atoms with Gasteiger partial charge in [-0.3, -0.25) is 70.9 Å². The van der Waals surface area contributed by atoms with Gasteiger partial charge in [-0.25, -0.2) is 0 Å².